The number of anilines is 1. The lowest BCUT2D eigenvalue weighted by atomic mass is 10.2. The second-order valence-corrected chi connectivity index (χ2v) is 6.21. The second kappa shape index (κ2) is 8.68. The summed E-state index contributed by atoms with van der Waals surface area (Å²) in [5.74, 6) is 2.19. The summed E-state index contributed by atoms with van der Waals surface area (Å²) < 4.78 is 21.6. The number of nitrogens with one attached hydrogen (secondary N) is 1. The Morgan fingerprint density at radius 2 is 1.86 bits per heavy atom. The van der Waals surface area contributed by atoms with Crippen LogP contribution in [0.25, 0.3) is 10.9 Å². The third-order valence-corrected chi connectivity index (χ3v) is 4.36. The molecule has 0 saturated carbocycles. The molecule has 9 nitrogen and oxygen atoms in total. The molecule has 0 bridgehead atoms. The molecular weight excluding hydrogens is 376 g/mol. The first kappa shape index (κ1) is 20.2. The Bertz CT molecular complexity index is 1070. The fraction of sp³-hybridized carbons (Fsp3) is 0.350. The van der Waals surface area contributed by atoms with Crippen molar-refractivity contribution in [2.75, 3.05) is 39.9 Å². The smallest absolute Gasteiger partial charge is 0.286 e. The number of aromatic nitrogens is 3. The molecule has 0 fully saturated rings. The molecule has 2 aromatic heterocycles. The molecule has 3 aromatic rings. The minimum absolute atomic E-state index is 0.274. The van der Waals surface area contributed by atoms with Gasteiger partial charge >= 0.3 is 0 Å². The first-order valence-corrected chi connectivity index (χ1v) is 9.04. The van der Waals surface area contributed by atoms with Crippen LogP contribution in [0.4, 0.5) is 5.95 Å². The first-order chi connectivity index (χ1) is 14.0. The van der Waals surface area contributed by atoms with Crippen molar-refractivity contribution in [2.24, 2.45) is 0 Å². The highest BCUT2D eigenvalue weighted by atomic mass is 16.5. The topological polar surface area (TPSA) is 98.8 Å². The van der Waals surface area contributed by atoms with E-state index in [1.165, 1.54) is 21.3 Å². The number of ether oxygens (including phenoxy) is 4. The lowest BCUT2D eigenvalue weighted by molar-refractivity contribution is 0.327. The Hall–Kier alpha value is -3.49. The van der Waals surface area contributed by atoms with E-state index in [1.807, 2.05) is 20.0 Å². The number of aromatic amines is 1. The number of pyridine rings is 1. The lowest BCUT2D eigenvalue weighted by Crippen LogP contribution is -2.23. The van der Waals surface area contributed by atoms with Gasteiger partial charge in [-0.25, -0.2) is 0 Å². The van der Waals surface area contributed by atoms with E-state index in [-0.39, 0.29) is 5.75 Å². The largest absolute Gasteiger partial charge is 0.494 e. The van der Waals surface area contributed by atoms with E-state index in [0.717, 1.165) is 11.4 Å². The number of hydrogen-bond donors (Lipinski definition) is 1. The van der Waals surface area contributed by atoms with Crippen molar-refractivity contribution >= 4 is 16.9 Å². The SMILES string of the molecule is CCOc1ccnc(CN(C)c2nc(=O)c3c(OC)c(OC)c(OC)cc3[nH]2)c1. The van der Waals surface area contributed by atoms with Crippen molar-refractivity contribution in [3.8, 4) is 23.0 Å². The zero-order valence-corrected chi connectivity index (χ0v) is 17.1. The average molecular weight is 400 g/mol. The van der Waals surface area contributed by atoms with Crippen molar-refractivity contribution in [3.63, 3.8) is 0 Å². The summed E-state index contributed by atoms with van der Waals surface area (Å²) in [6, 6.07) is 5.34. The number of methoxy groups -OCH3 is 3. The molecule has 0 aliphatic carbocycles. The zero-order valence-electron chi connectivity index (χ0n) is 17.1. The molecule has 0 aliphatic heterocycles. The normalized spacial score (nSPS) is 10.7. The van der Waals surface area contributed by atoms with E-state index >= 15 is 0 Å². The van der Waals surface area contributed by atoms with Crippen LogP contribution in [0.3, 0.4) is 0 Å². The van der Waals surface area contributed by atoms with Gasteiger partial charge in [0.1, 0.15) is 11.1 Å². The molecule has 0 aliphatic rings. The highest BCUT2D eigenvalue weighted by molar-refractivity contribution is 5.90. The summed E-state index contributed by atoms with van der Waals surface area (Å²) in [7, 11) is 6.29. The standard InChI is InChI=1S/C20H24N4O5/c1-6-29-13-7-8-21-12(9-13)11-24(2)20-22-14-10-15(26-3)17(27-4)18(28-5)16(14)19(25)23-20/h7-10H,6,11H2,1-5H3,(H,22,23,25). The summed E-state index contributed by atoms with van der Waals surface area (Å²) in [5, 5.41) is 0.291. The van der Waals surface area contributed by atoms with Crippen LogP contribution in [0.2, 0.25) is 0 Å². The zero-order chi connectivity index (χ0) is 21.0. The highest BCUT2D eigenvalue weighted by Crippen LogP contribution is 2.41. The van der Waals surface area contributed by atoms with Crippen molar-refractivity contribution in [1.82, 2.24) is 15.0 Å². The number of rotatable bonds is 8. The van der Waals surface area contributed by atoms with E-state index in [4.69, 9.17) is 18.9 Å². The van der Waals surface area contributed by atoms with Gasteiger partial charge in [-0.1, -0.05) is 0 Å². The maximum Gasteiger partial charge on any atom is 0.286 e. The number of benzene rings is 1. The molecule has 0 atom stereocenters. The van der Waals surface area contributed by atoms with Gasteiger partial charge in [0.25, 0.3) is 5.56 Å². The van der Waals surface area contributed by atoms with Gasteiger partial charge in [0.15, 0.2) is 11.5 Å². The summed E-state index contributed by atoms with van der Waals surface area (Å²) in [6.45, 7) is 2.93. The van der Waals surface area contributed by atoms with Crippen LogP contribution >= 0.6 is 0 Å². The van der Waals surface area contributed by atoms with Gasteiger partial charge in [-0.05, 0) is 13.0 Å². The third-order valence-electron chi connectivity index (χ3n) is 4.36. The molecule has 3 rings (SSSR count). The van der Waals surface area contributed by atoms with Crippen LogP contribution in [0, 0.1) is 0 Å². The molecule has 0 saturated heterocycles. The van der Waals surface area contributed by atoms with Gasteiger partial charge in [-0.15, -0.1) is 0 Å². The summed E-state index contributed by atoms with van der Waals surface area (Å²) >= 11 is 0. The van der Waals surface area contributed by atoms with E-state index in [2.05, 4.69) is 15.0 Å². The molecule has 154 valence electrons. The molecule has 0 unspecified atom stereocenters. The van der Waals surface area contributed by atoms with E-state index in [1.54, 1.807) is 23.2 Å². The predicted octanol–water partition coefficient (Wildman–Crippen LogP) is 2.38. The van der Waals surface area contributed by atoms with Crippen LogP contribution < -0.4 is 29.4 Å². The molecule has 29 heavy (non-hydrogen) atoms. The summed E-state index contributed by atoms with van der Waals surface area (Å²) in [6.07, 6.45) is 1.69. The molecule has 2 heterocycles. The van der Waals surface area contributed by atoms with Crippen LogP contribution in [0.15, 0.2) is 29.2 Å². The molecule has 0 spiro atoms. The fourth-order valence-electron chi connectivity index (χ4n) is 3.07. The highest BCUT2D eigenvalue weighted by Gasteiger charge is 2.20. The Labute approximate surface area is 168 Å². The van der Waals surface area contributed by atoms with E-state index in [9.17, 15) is 4.79 Å². The third kappa shape index (κ3) is 4.03. The maximum absolute atomic E-state index is 12.8. The minimum Gasteiger partial charge on any atom is -0.494 e. The monoisotopic (exact) mass is 400 g/mol. The Balaban J connectivity index is 2.02. The van der Waals surface area contributed by atoms with Crippen LogP contribution in [-0.2, 0) is 6.54 Å². The van der Waals surface area contributed by atoms with Gasteiger partial charge in [0.05, 0.1) is 45.7 Å². The number of nitrogens with zero attached hydrogens (tertiary/aromatic N) is 3. The number of H-pyrrole nitrogens is 1. The van der Waals surface area contributed by atoms with Gasteiger partial charge < -0.3 is 28.8 Å². The van der Waals surface area contributed by atoms with E-state index in [0.29, 0.717) is 41.5 Å². The molecule has 0 amide bonds. The Morgan fingerprint density at radius 1 is 1.10 bits per heavy atom. The second-order valence-electron chi connectivity index (χ2n) is 6.21. The summed E-state index contributed by atoms with van der Waals surface area (Å²) in [5.41, 5.74) is 0.873. The first-order valence-electron chi connectivity index (χ1n) is 9.04. The number of fused-ring (bicyclic) bond motifs is 1. The van der Waals surface area contributed by atoms with Crippen molar-refractivity contribution in [2.45, 2.75) is 13.5 Å². The van der Waals surface area contributed by atoms with Gasteiger partial charge in [0.2, 0.25) is 11.7 Å². The average Bonchev–Trinajstić information content (AvgIpc) is 2.72. The number of hydrogen-bond acceptors (Lipinski definition) is 8. The molecule has 9 heteroatoms. The molecule has 1 N–H and O–H groups in total. The lowest BCUT2D eigenvalue weighted by Gasteiger charge is -2.19. The van der Waals surface area contributed by atoms with Gasteiger partial charge in [0, 0.05) is 25.4 Å². The molecular formula is C20H24N4O5. The molecule has 0 radical (unpaired) electrons. The van der Waals surface area contributed by atoms with Crippen LogP contribution in [-0.4, -0.2) is 49.9 Å². The van der Waals surface area contributed by atoms with Crippen LogP contribution in [0.1, 0.15) is 12.6 Å². The summed E-state index contributed by atoms with van der Waals surface area (Å²) in [4.78, 5) is 26.3. The Morgan fingerprint density at radius 3 is 2.52 bits per heavy atom. The minimum atomic E-state index is -0.436. The van der Waals surface area contributed by atoms with Crippen LogP contribution in [0.5, 0.6) is 23.0 Å². The molecule has 1 aromatic carbocycles. The van der Waals surface area contributed by atoms with Crippen molar-refractivity contribution < 1.29 is 18.9 Å². The van der Waals surface area contributed by atoms with Crippen molar-refractivity contribution in [3.05, 3.63) is 40.4 Å². The van der Waals surface area contributed by atoms with Crippen molar-refractivity contribution in [1.29, 1.82) is 0 Å². The quantitative estimate of drug-likeness (QED) is 0.615. The maximum atomic E-state index is 12.8. The van der Waals surface area contributed by atoms with Gasteiger partial charge in [-0.3, -0.25) is 9.78 Å². The van der Waals surface area contributed by atoms with E-state index < -0.39 is 5.56 Å². The van der Waals surface area contributed by atoms with Gasteiger partial charge in [-0.2, -0.15) is 4.98 Å². The predicted molar refractivity (Wildman–Crippen MR) is 110 cm³/mol. The fourth-order valence-corrected chi connectivity index (χ4v) is 3.07. The Kier molecular flexibility index (Phi) is 6.06.